The summed E-state index contributed by atoms with van der Waals surface area (Å²) in [6.07, 6.45) is 1.77. The van der Waals surface area contributed by atoms with Gasteiger partial charge in [0.2, 0.25) is 21.8 Å². The molecule has 43 heavy (non-hydrogen) atoms. The summed E-state index contributed by atoms with van der Waals surface area (Å²) in [5.41, 5.74) is 2.23. The molecule has 1 atom stereocenters. The number of sulfonamides is 1. The molecule has 3 aromatic rings. The van der Waals surface area contributed by atoms with E-state index >= 15 is 0 Å². The second-order valence-electron chi connectivity index (χ2n) is 10.8. The summed E-state index contributed by atoms with van der Waals surface area (Å²) in [6.45, 7) is 4.88. The zero-order chi connectivity index (χ0) is 31.0. The van der Waals surface area contributed by atoms with Crippen LogP contribution in [-0.2, 0) is 32.6 Å². The molecule has 1 aliphatic rings. The second-order valence-corrected chi connectivity index (χ2v) is 13.6. The number of amides is 2. The van der Waals surface area contributed by atoms with E-state index in [0.717, 1.165) is 21.9 Å². The van der Waals surface area contributed by atoms with Crippen molar-refractivity contribution < 1.29 is 27.5 Å². The number of hydrogen-bond acceptors (Lipinski definition) is 6. The average Bonchev–Trinajstić information content (AvgIpc) is 2.96. The maximum atomic E-state index is 13.9. The first kappa shape index (κ1) is 32.3. The van der Waals surface area contributed by atoms with Crippen molar-refractivity contribution in [1.29, 1.82) is 0 Å². The molecule has 0 saturated carbocycles. The zero-order valence-electron chi connectivity index (χ0n) is 24.7. The molecule has 3 aromatic carbocycles. The van der Waals surface area contributed by atoms with Gasteiger partial charge in [0.1, 0.15) is 19.3 Å². The molecule has 0 aromatic heterocycles. The molecule has 0 spiro atoms. The third-order valence-corrected chi connectivity index (χ3v) is 8.60. The summed E-state index contributed by atoms with van der Waals surface area (Å²) in [7, 11) is -3.66. The highest BCUT2D eigenvalue weighted by atomic mass is 79.9. The van der Waals surface area contributed by atoms with Crippen molar-refractivity contribution in [1.82, 2.24) is 10.2 Å². The van der Waals surface area contributed by atoms with Crippen molar-refractivity contribution >= 4 is 43.5 Å². The number of nitrogens with zero attached hydrogens (tertiary/aromatic N) is 2. The number of rotatable bonds is 13. The first-order valence-electron chi connectivity index (χ1n) is 14.3. The van der Waals surface area contributed by atoms with Crippen LogP contribution in [0.5, 0.6) is 11.5 Å². The van der Waals surface area contributed by atoms with E-state index in [1.165, 1.54) is 4.31 Å². The minimum atomic E-state index is -3.66. The summed E-state index contributed by atoms with van der Waals surface area (Å²) >= 11 is 3.50. The summed E-state index contributed by atoms with van der Waals surface area (Å²) in [5.74, 6) is 0.561. The van der Waals surface area contributed by atoms with Crippen LogP contribution in [0.1, 0.15) is 37.8 Å². The molecule has 1 heterocycles. The minimum Gasteiger partial charge on any atom is -0.486 e. The van der Waals surface area contributed by atoms with Crippen LogP contribution in [0, 0.1) is 0 Å². The van der Waals surface area contributed by atoms with Crippen molar-refractivity contribution in [2.24, 2.45) is 0 Å². The molecule has 2 amide bonds. The smallest absolute Gasteiger partial charge is 0.243 e. The van der Waals surface area contributed by atoms with E-state index in [9.17, 15) is 18.0 Å². The highest BCUT2D eigenvalue weighted by Crippen LogP contribution is 2.35. The highest BCUT2D eigenvalue weighted by Gasteiger charge is 2.31. The molecular weight excluding hydrogens is 634 g/mol. The van der Waals surface area contributed by atoms with Crippen molar-refractivity contribution in [2.75, 3.05) is 30.3 Å². The van der Waals surface area contributed by atoms with Crippen molar-refractivity contribution in [3.8, 4) is 11.5 Å². The van der Waals surface area contributed by atoms with Crippen molar-refractivity contribution in [2.45, 2.75) is 51.7 Å². The number of hydrogen-bond donors (Lipinski definition) is 1. The molecule has 9 nitrogen and oxygen atoms in total. The lowest BCUT2D eigenvalue weighted by Crippen LogP contribution is -2.51. The Balaban J connectivity index is 1.57. The number of carbonyl (C=O) groups is 2. The van der Waals surface area contributed by atoms with Gasteiger partial charge in [0.05, 0.1) is 11.9 Å². The van der Waals surface area contributed by atoms with Crippen LogP contribution >= 0.6 is 15.9 Å². The van der Waals surface area contributed by atoms with Crippen LogP contribution in [0.2, 0.25) is 0 Å². The lowest BCUT2D eigenvalue weighted by molar-refractivity contribution is -0.141. The largest absolute Gasteiger partial charge is 0.486 e. The number of fused-ring (bicyclic) bond motifs is 1. The Labute approximate surface area is 262 Å². The number of halogens is 1. The molecule has 4 rings (SSSR count). The van der Waals surface area contributed by atoms with Gasteiger partial charge in [0.15, 0.2) is 11.5 Å². The lowest BCUT2D eigenvalue weighted by atomic mass is 10.0. The fourth-order valence-electron chi connectivity index (χ4n) is 4.96. The van der Waals surface area contributed by atoms with Crippen molar-refractivity contribution in [3.05, 3.63) is 88.4 Å². The van der Waals surface area contributed by atoms with Gasteiger partial charge in [0.25, 0.3) is 0 Å². The Kier molecular flexibility index (Phi) is 11.1. The van der Waals surface area contributed by atoms with Gasteiger partial charge in [-0.1, -0.05) is 58.4 Å². The Hall–Kier alpha value is -3.57. The third kappa shape index (κ3) is 9.21. The molecule has 0 unspecified atom stereocenters. The molecule has 0 fully saturated rings. The first-order chi connectivity index (χ1) is 20.5. The van der Waals surface area contributed by atoms with E-state index in [1.54, 1.807) is 23.1 Å². The predicted octanol–water partition coefficient (Wildman–Crippen LogP) is 4.93. The molecule has 1 aliphatic heterocycles. The molecule has 11 heteroatoms. The maximum Gasteiger partial charge on any atom is 0.243 e. The highest BCUT2D eigenvalue weighted by molar-refractivity contribution is 9.10. The van der Waals surface area contributed by atoms with Gasteiger partial charge in [-0.05, 0) is 55.7 Å². The van der Waals surface area contributed by atoms with Crippen molar-refractivity contribution in [3.63, 3.8) is 0 Å². The summed E-state index contributed by atoms with van der Waals surface area (Å²) < 4.78 is 38.9. The van der Waals surface area contributed by atoms with E-state index in [2.05, 4.69) is 21.2 Å². The zero-order valence-corrected chi connectivity index (χ0v) is 27.1. The molecular formula is C32H38BrN3O6S. The summed E-state index contributed by atoms with van der Waals surface area (Å²) in [5, 5.41) is 2.98. The van der Waals surface area contributed by atoms with E-state index in [-0.39, 0.29) is 43.8 Å². The van der Waals surface area contributed by atoms with Gasteiger partial charge in [-0.15, -0.1) is 0 Å². The van der Waals surface area contributed by atoms with E-state index in [1.807, 2.05) is 68.4 Å². The SMILES string of the molecule is CC(C)NC(=O)[C@H](Cc1ccccc1)N(Cc1cccc(Br)c1)C(=O)CCCN(c1ccc2c(c1)OCCO2)S(C)(=O)=O. The second kappa shape index (κ2) is 14.7. The van der Waals surface area contributed by atoms with Crippen LogP contribution < -0.4 is 19.1 Å². The molecule has 0 saturated heterocycles. The van der Waals surface area contributed by atoms with E-state index in [4.69, 9.17) is 9.47 Å². The standard InChI is InChI=1S/C32H38BrN3O6S/c1-23(2)34-32(38)28(20-24-9-5-4-6-10-24)35(22-25-11-7-12-26(33)19-25)31(37)13-8-16-36(43(3,39)40)27-14-15-29-30(21-27)42-18-17-41-29/h4-7,9-12,14-15,19,21,23,28H,8,13,16-18,20,22H2,1-3H3,(H,34,38)/t28-/m0/s1. The quantitative estimate of drug-likeness (QED) is 0.276. The predicted molar refractivity (Wildman–Crippen MR) is 171 cm³/mol. The molecule has 0 bridgehead atoms. The number of nitrogens with one attached hydrogen (secondary N) is 1. The van der Waals surface area contributed by atoms with E-state index < -0.39 is 16.1 Å². The summed E-state index contributed by atoms with van der Waals surface area (Å²) in [6, 6.07) is 21.4. The van der Waals surface area contributed by atoms with Crippen LogP contribution in [0.3, 0.4) is 0 Å². The van der Waals surface area contributed by atoms with Gasteiger partial charge >= 0.3 is 0 Å². The molecule has 0 aliphatic carbocycles. The molecule has 230 valence electrons. The van der Waals surface area contributed by atoms with Crippen LogP contribution in [0.25, 0.3) is 0 Å². The number of ether oxygens (including phenoxy) is 2. The number of benzene rings is 3. The number of anilines is 1. The average molecular weight is 673 g/mol. The monoisotopic (exact) mass is 671 g/mol. The Morgan fingerprint density at radius 3 is 2.30 bits per heavy atom. The van der Waals surface area contributed by atoms with Crippen LogP contribution in [0.4, 0.5) is 5.69 Å². The van der Waals surface area contributed by atoms with Gasteiger partial charge in [-0.25, -0.2) is 8.42 Å². The molecule has 1 N–H and O–H groups in total. The van der Waals surface area contributed by atoms with Gasteiger partial charge < -0.3 is 19.7 Å². The minimum absolute atomic E-state index is 0.0465. The fraction of sp³-hybridized carbons (Fsp3) is 0.375. The topological polar surface area (TPSA) is 105 Å². The van der Waals surface area contributed by atoms with Gasteiger partial charge in [-0.3, -0.25) is 13.9 Å². The molecule has 0 radical (unpaired) electrons. The number of carbonyl (C=O) groups excluding carboxylic acids is 2. The normalized spacial score (nSPS) is 13.3. The van der Waals surface area contributed by atoms with Crippen LogP contribution in [-0.4, -0.2) is 63.2 Å². The maximum absolute atomic E-state index is 13.9. The van der Waals surface area contributed by atoms with Gasteiger partial charge in [-0.2, -0.15) is 0 Å². The first-order valence-corrected chi connectivity index (χ1v) is 16.9. The third-order valence-electron chi connectivity index (χ3n) is 6.91. The Bertz CT molecular complexity index is 1520. The fourth-order valence-corrected chi connectivity index (χ4v) is 6.36. The van der Waals surface area contributed by atoms with E-state index in [0.29, 0.717) is 36.8 Å². The Morgan fingerprint density at radius 2 is 1.63 bits per heavy atom. The van der Waals surface area contributed by atoms with Gasteiger partial charge in [0, 0.05) is 42.5 Å². The lowest BCUT2D eigenvalue weighted by Gasteiger charge is -2.32. The van der Waals surface area contributed by atoms with Crippen LogP contribution in [0.15, 0.2) is 77.3 Å². The summed E-state index contributed by atoms with van der Waals surface area (Å²) in [4.78, 5) is 29.1. The Morgan fingerprint density at radius 1 is 0.930 bits per heavy atom.